The second kappa shape index (κ2) is 4.08. The third-order valence-electron chi connectivity index (χ3n) is 3.74. The van der Waals surface area contributed by atoms with E-state index in [1.165, 1.54) is 25.7 Å². The number of rotatable bonds is 3. The van der Waals surface area contributed by atoms with Crippen LogP contribution in [0.15, 0.2) is 18.2 Å². The average molecular weight is 219 g/mol. The highest BCUT2D eigenvalue weighted by molar-refractivity contribution is 5.47. The van der Waals surface area contributed by atoms with Crippen LogP contribution in [0.4, 0.5) is 10.1 Å². The lowest BCUT2D eigenvalue weighted by atomic mass is 10.1. The minimum Gasteiger partial charge on any atom is -0.382 e. The molecule has 1 aromatic rings. The summed E-state index contributed by atoms with van der Waals surface area (Å²) in [4.78, 5) is 0. The predicted octanol–water partition coefficient (Wildman–Crippen LogP) is 4.06. The van der Waals surface area contributed by atoms with Gasteiger partial charge in [-0.15, -0.1) is 0 Å². The SMILES string of the molecule is Fc1cc(NC2CCCC2)ccc1C1CC1. The Balaban J connectivity index is 1.72. The summed E-state index contributed by atoms with van der Waals surface area (Å²) < 4.78 is 13.8. The van der Waals surface area contributed by atoms with Gasteiger partial charge in [0.05, 0.1) is 0 Å². The standard InChI is InChI=1S/C14H18FN/c15-14-9-12(16-11-3-1-2-4-11)7-8-13(14)10-5-6-10/h7-11,16H,1-6H2. The molecule has 0 unspecified atom stereocenters. The molecule has 1 N–H and O–H groups in total. The maximum atomic E-state index is 13.8. The van der Waals surface area contributed by atoms with Gasteiger partial charge in [-0.3, -0.25) is 0 Å². The van der Waals surface area contributed by atoms with Crippen LogP contribution in [0, 0.1) is 5.82 Å². The van der Waals surface area contributed by atoms with E-state index in [1.807, 2.05) is 12.1 Å². The fraction of sp³-hybridized carbons (Fsp3) is 0.571. The molecule has 1 aromatic carbocycles. The van der Waals surface area contributed by atoms with Crippen LogP contribution < -0.4 is 5.32 Å². The fourth-order valence-corrected chi connectivity index (χ4v) is 2.65. The molecule has 0 atom stereocenters. The smallest absolute Gasteiger partial charge is 0.128 e. The fourth-order valence-electron chi connectivity index (χ4n) is 2.65. The first kappa shape index (κ1) is 10.1. The van der Waals surface area contributed by atoms with E-state index in [2.05, 4.69) is 5.32 Å². The summed E-state index contributed by atoms with van der Waals surface area (Å²) in [5.74, 6) is 0.478. The zero-order valence-electron chi connectivity index (χ0n) is 9.51. The van der Waals surface area contributed by atoms with Gasteiger partial charge in [0.1, 0.15) is 5.82 Å². The van der Waals surface area contributed by atoms with Crippen LogP contribution in [0.1, 0.15) is 50.0 Å². The Labute approximate surface area is 96.1 Å². The minimum atomic E-state index is -0.0227. The van der Waals surface area contributed by atoms with Gasteiger partial charge in [0.25, 0.3) is 0 Å². The van der Waals surface area contributed by atoms with E-state index < -0.39 is 0 Å². The van der Waals surface area contributed by atoms with Crippen molar-refractivity contribution in [3.8, 4) is 0 Å². The quantitative estimate of drug-likeness (QED) is 0.808. The Kier molecular flexibility index (Phi) is 2.58. The van der Waals surface area contributed by atoms with E-state index in [1.54, 1.807) is 6.07 Å². The van der Waals surface area contributed by atoms with Gasteiger partial charge >= 0.3 is 0 Å². The molecule has 0 spiro atoms. The van der Waals surface area contributed by atoms with E-state index in [0.717, 1.165) is 24.1 Å². The molecule has 0 heterocycles. The summed E-state index contributed by atoms with van der Waals surface area (Å²) in [6.07, 6.45) is 7.39. The molecule has 0 aliphatic heterocycles. The molecule has 3 rings (SSSR count). The first-order chi connectivity index (χ1) is 7.83. The number of hydrogen-bond donors (Lipinski definition) is 1. The Hall–Kier alpha value is -1.05. The van der Waals surface area contributed by atoms with Gasteiger partial charge in [0.15, 0.2) is 0 Å². The van der Waals surface area contributed by atoms with Crippen molar-refractivity contribution in [1.82, 2.24) is 0 Å². The normalized spacial score (nSPS) is 21.3. The molecule has 0 saturated heterocycles. The van der Waals surface area contributed by atoms with Crippen LogP contribution >= 0.6 is 0 Å². The zero-order valence-corrected chi connectivity index (χ0v) is 9.51. The van der Waals surface area contributed by atoms with Crippen molar-refractivity contribution in [2.75, 3.05) is 5.32 Å². The summed E-state index contributed by atoms with van der Waals surface area (Å²) in [5, 5.41) is 3.43. The van der Waals surface area contributed by atoms with Crippen molar-refractivity contribution in [3.63, 3.8) is 0 Å². The Morgan fingerprint density at radius 2 is 1.81 bits per heavy atom. The van der Waals surface area contributed by atoms with Crippen LogP contribution in [0.3, 0.4) is 0 Å². The van der Waals surface area contributed by atoms with E-state index in [0.29, 0.717) is 12.0 Å². The lowest BCUT2D eigenvalue weighted by molar-refractivity contribution is 0.610. The van der Waals surface area contributed by atoms with Gasteiger partial charge < -0.3 is 5.32 Å². The molecular weight excluding hydrogens is 201 g/mol. The largest absolute Gasteiger partial charge is 0.382 e. The highest BCUT2D eigenvalue weighted by Crippen LogP contribution is 2.41. The topological polar surface area (TPSA) is 12.0 Å². The number of nitrogens with one attached hydrogen (secondary N) is 1. The summed E-state index contributed by atoms with van der Waals surface area (Å²) >= 11 is 0. The van der Waals surface area contributed by atoms with Gasteiger partial charge in [0, 0.05) is 11.7 Å². The summed E-state index contributed by atoms with van der Waals surface area (Å²) in [5.41, 5.74) is 1.87. The number of halogens is 1. The molecule has 2 saturated carbocycles. The van der Waals surface area contributed by atoms with Crippen molar-refractivity contribution >= 4 is 5.69 Å². The van der Waals surface area contributed by atoms with Gasteiger partial charge in [-0.05, 0) is 49.3 Å². The molecule has 0 radical (unpaired) electrons. The molecule has 1 nitrogen and oxygen atoms in total. The maximum absolute atomic E-state index is 13.8. The molecule has 0 bridgehead atoms. The van der Waals surface area contributed by atoms with E-state index >= 15 is 0 Å². The molecule has 2 aliphatic rings. The van der Waals surface area contributed by atoms with Crippen LogP contribution in [0.5, 0.6) is 0 Å². The summed E-state index contributed by atoms with van der Waals surface area (Å²) in [6, 6.07) is 6.23. The Morgan fingerprint density at radius 3 is 2.44 bits per heavy atom. The van der Waals surface area contributed by atoms with E-state index in [9.17, 15) is 4.39 Å². The molecular formula is C14H18FN. The molecule has 0 amide bonds. The predicted molar refractivity (Wildman–Crippen MR) is 64.3 cm³/mol. The molecule has 2 heteroatoms. The number of anilines is 1. The molecule has 16 heavy (non-hydrogen) atoms. The van der Waals surface area contributed by atoms with Gasteiger partial charge in [-0.1, -0.05) is 18.9 Å². The van der Waals surface area contributed by atoms with E-state index in [4.69, 9.17) is 0 Å². The minimum absolute atomic E-state index is 0.0227. The van der Waals surface area contributed by atoms with Crippen molar-refractivity contribution in [3.05, 3.63) is 29.6 Å². The first-order valence-electron chi connectivity index (χ1n) is 6.39. The van der Waals surface area contributed by atoms with Crippen LogP contribution in [0.2, 0.25) is 0 Å². The number of benzene rings is 1. The van der Waals surface area contributed by atoms with Crippen molar-refractivity contribution < 1.29 is 4.39 Å². The van der Waals surface area contributed by atoms with Crippen molar-refractivity contribution in [2.24, 2.45) is 0 Å². The summed E-state index contributed by atoms with van der Waals surface area (Å²) in [6.45, 7) is 0. The van der Waals surface area contributed by atoms with Gasteiger partial charge in [-0.25, -0.2) is 4.39 Å². The molecule has 2 aliphatic carbocycles. The average Bonchev–Trinajstić information content (AvgIpc) is 2.97. The highest BCUT2D eigenvalue weighted by atomic mass is 19.1. The van der Waals surface area contributed by atoms with Gasteiger partial charge in [0.2, 0.25) is 0 Å². The lowest BCUT2D eigenvalue weighted by Gasteiger charge is -2.14. The summed E-state index contributed by atoms with van der Waals surface area (Å²) in [7, 11) is 0. The van der Waals surface area contributed by atoms with Crippen LogP contribution in [-0.2, 0) is 0 Å². The van der Waals surface area contributed by atoms with Crippen LogP contribution in [0.25, 0.3) is 0 Å². The van der Waals surface area contributed by atoms with Crippen molar-refractivity contribution in [1.29, 1.82) is 0 Å². The number of hydrogen-bond acceptors (Lipinski definition) is 1. The Bertz CT molecular complexity index is 378. The monoisotopic (exact) mass is 219 g/mol. The lowest BCUT2D eigenvalue weighted by Crippen LogP contribution is -2.14. The molecule has 86 valence electrons. The molecule has 2 fully saturated rings. The second-order valence-corrected chi connectivity index (χ2v) is 5.14. The van der Waals surface area contributed by atoms with Gasteiger partial charge in [-0.2, -0.15) is 0 Å². The first-order valence-corrected chi connectivity index (χ1v) is 6.39. The Morgan fingerprint density at radius 1 is 1.06 bits per heavy atom. The van der Waals surface area contributed by atoms with Crippen LogP contribution in [-0.4, -0.2) is 6.04 Å². The zero-order chi connectivity index (χ0) is 11.0. The molecule has 0 aromatic heterocycles. The third-order valence-corrected chi connectivity index (χ3v) is 3.74. The van der Waals surface area contributed by atoms with E-state index in [-0.39, 0.29) is 5.82 Å². The highest BCUT2D eigenvalue weighted by Gasteiger charge is 2.26. The second-order valence-electron chi connectivity index (χ2n) is 5.14. The van der Waals surface area contributed by atoms with Crippen molar-refractivity contribution in [2.45, 2.75) is 50.5 Å². The third kappa shape index (κ3) is 2.06. The maximum Gasteiger partial charge on any atom is 0.128 e.